The number of rotatable bonds is 2. The third-order valence-corrected chi connectivity index (χ3v) is 4.97. The summed E-state index contributed by atoms with van der Waals surface area (Å²) in [5.41, 5.74) is 3.81. The maximum absolute atomic E-state index is 6.64. The van der Waals surface area contributed by atoms with Gasteiger partial charge in [-0.25, -0.2) is 0 Å². The normalized spacial score (nSPS) is 13.6. The van der Waals surface area contributed by atoms with Gasteiger partial charge in [0.15, 0.2) is 0 Å². The number of benzene rings is 3. The molecule has 0 saturated carbocycles. The summed E-state index contributed by atoms with van der Waals surface area (Å²) in [6.45, 7) is 1.92. The molecule has 1 heterocycles. The predicted molar refractivity (Wildman–Crippen MR) is 95.2 cm³/mol. The molecule has 0 aromatic heterocycles. The molecule has 0 amide bonds. The summed E-state index contributed by atoms with van der Waals surface area (Å²) in [4.78, 5) is 2.40. The monoisotopic (exact) mass is 327 g/mol. The van der Waals surface area contributed by atoms with Crippen molar-refractivity contribution in [3.8, 4) is 0 Å². The summed E-state index contributed by atoms with van der Waals surface area (Å²) in [6.07, 6.45) is 1.000. The Morgan fingerprint density at radius 1 is 0.955 bits per heavy atom. The van der Waals surface area contributed by atoms with Gasteiger partial charge in [-0.15, -0.1) is 0 Å². The number of hydrogen-bond acceptors (Lipinski definition) is 1. The van der Waals surface area contributed by atoms with E-state index >= 15 is 0 Å². The highest BCUT2D eigenvalue weighted by atomic mass is 35.5. The number of anilines is 1. The number of fused-ring (bicyclic) bond motifs is 2. The second-order valence-electron chi connectivity index (χ2n) is 5.71. The molecule has 0 atom stereocenters. The van der Waals surface area contributed by atoms with Crippen molar-refractivity contribution in [1.29, 1.82) is 0 Å². The van der Waals surface area contributed by atoms with E-state index in [2.05, 4.69) is 35.2 Å². The first kappa shape index (κ1) is 13.9. The largest absolute Gasteiger partial charge is 0.367 e. The smallest absolute Gasteiger partial charge is 0.0537 e. The molecule has 0 N–H and O–H groups in total. The minimum Gasteiger partial charge on any atom is -0.367 e. The Balaban J connectivity index is 1.79. The van der Waals surface area contributed by atoms with Gasteiger partial charge in [-0.1, -0.05) is 59.6 Å². The summed E-state index contributed by atoms with van der Waals surface area (Å²) in [5.74, 6) is 0. The highest BCUT2D eigenvalue weighted by molar-refractivity contribution is 6.37. The van der Waals surface area contributed by atoms with Crippen molar-refractivity contribution in [3.05, 3.63) is 75.8 Å². The van der Waals surface area contributed by atoms with Crippen molar-refractivity contribution < 1.29 is 0 Å². The fourth-order valence-electron chi connectivity index (χ4n) is 3.22. The Kier molecular flexibility index (Phi) is 3.48. The van der Waals surface area contributed by atoms with Crippen molar-refractivity contribution in [2.45, 2.75) is 13.0 Å². The van der Waals surface area contributed by atoms with Gasteiger partial charge in [-0.05, 0) is 41.1 Å². The first-order chi connectivity index (χ1) is 10.7. The number of hydrogen-bond donors (Lipinski definition) is 0. The number of nitrogens with zero attached hydrogens (tertiary/aromatic N) is 1. The van der Waals surface area contributed by atoms with Crippen LogP contribution in [-0.2, 0) is 13.0 Å². The van der Waals surface area contributed by atoms with Crippen LogP contribution in [0.15, 0.2) is 54.6 Å². The molecule has 0 aliphatic carbocycles. The second kappa shape index (κ2) is 5.49. The zero-order valence-electron chi connectivity index (χ0n) is 12.0. The van der Waals surface area contributed by atoms with Gasteiger partial charge in [0.2, 0.25) is 0 Å². The molecule has 22 heavy (non-hydrogen) atoms. The van der Waals surface area contributed by atoms with Crippen molar-refractivity contribution in [2.24, 2.45) is 0 Å². The maximum atomic E-state index is 6.64. The molecule has 3 heteroatoms. The van der Waals surface area contributed by atoms with Gasteiger partial charge in [0.1, 0.15) is 0 Å². The lowest BCUT2D eigenvalue weighted by Crippen LogP contribution is -2.19. The van der Waals surface area contributed by atoms with Gasteiger partial charge >= 0.3 is 0 Å². The molecule has 1 nitrogen and oxygen atoms in total. The molecule has 3 aromatic carbocycles. The van der Waals surface area contributed by atoms with Crippen LogP contribution in [0.5, 0.6) is 0 Å². The molecule has 0 saturated heterocycles. The van der Waals surface area contributed by atoms with Crippen LogP contribution in [0.4, 0.5) is 5.69 Å². The standard InChI is InChI=1S/C19H15Cl2N/c20-15-6-7-16-14(10-15)11-18-17(19(16)21)8-9-22(18)12-13-4-2-1-3-5-13/h1-7,10-11H,8-9,12H2. The lowest BCUT2D eigenvalue weighted by atomic mass is 10.0. The first-order valence-electron chi connectivity index (χ1n) is 7.42. The van der Waals surface area contributed by atoms with Gasteiger partial charge in [0.05, 0.1) is 5.02 Å². The summed E-state index contributed by atoms with van der Waals surface area (Å²) < 4.78 is 0. The molecule has 0 fully saturated rings. The summed E-state index contributed by atoms with van der Waals surface area (Å²) >= 11 is 12.8. The predicted octanol–water partition coefficient (Wildman–Crippen LogP) is 5.71. The Morgan fingerprint density at radius 2 is 1.77 bits per heavy atom. The molecule has 1 aliphatic heterocycles. The Labute approximate surface area is 140 Å². The first-order valence-corrected chi connectivity index (χ1v) is 8.17. The fourth-order valence-corrected chi connectivity index (χ4v) is 3.76. The lowest BCUT2D eigenvalue weighted by molar-refractivity contribution is 0.836. The van der Waals surface area contributed by atoms with E-state index in [9.17, 15) is 0 Å². The highest BCUT2D eigenvalue weighted by Gasteiger charge is 2.23. The van der Waals surface area contributed by atoms with Gasteiger partial charge in [-0.3, -0.25) is 0 Å². The van der Waals surface area contributed by atoms with Gasteiger partial charge in [-0.2, -0.15) is 0 Å². The molecule has 4 rings (SSSR count). The topological polar surface area (TPSA) is 3.24 Å². The summed E-state index contributed by atoms with van der Waals surface area (Å²) in [5, 5.41) is 3.82. The Morgan fingerprint density at radius 3 is 2.59 bits per heavy atom. The molecule has 0 radical (unpaired) electrons. The van der Waals surface area contributed by atoms with E-state index in [-0.39, 0.29) is 0 Å². The quantitative estimate of drug-likeness (QED) is 0.582. The van der Waals surface area contributed by atoms with E-state index in [1.165, 1.54) is 16.8 Å². The van der Waals surface area contributed by atoms with Crippen molar-refractivity contribution in [2.75, 3.05) is 11.4 Å². The Hall–Kier alpha value is -1.70. The second-order valence-corrected chi connectivity index (χ2v) is 6.53. The fraction of sp³-hybridized carbons (Fsp3) is 0.158. The molecule has 0 bridgehead atoms. The molecule has 3 aromatic rings. The average molecular weight is 328 g/mol. The van der Waals surface area contributed by atoms with Crippen LogP contribution >= 0.6 is 23.2 Å². The molecule has 0 unspecified atom stereocenters. The lowest BCUT2D eigenvalue weighted by Gasteiger charge is -2.20. The van der Waals surface area contributed by atoms with Gasteiger partial charge in [0, 0.05) is 29.2 Å². The third kappa shape index (κ3) is 2.35. The molecule has 1 aliphatic rings. The summed E-state index contributed by atoms with van der Waals surface area (Å²) in [6, 6.07) is 18.7. The van der Waals surface area contributed by atoms with E-state index in [1.807, 2.05) is 24.3 Å². The minimum absolute atomic E-state index is 0.746. The Bertz CT molecular complexity index is 843. The zero-order chi connectivity index (χ0) is 15.1. The SMILES string of the molecule is Clc1ccc2c(Cl)c3c(cc2c1)N(Cc1ccccc1)CC3. The summed E-state index contributed by atoms with van der Waals surface area (Å²) in [7, 11) is 0. The zero-order valence-corrected chi connectivity index (χ0v) is 13.5. The van der Waals surface area contributed by atoms with Gasteiger partial charge < -0.3 is 4.90 Å². The van der Waals surface area contributed by atoms with Gasteiger partial charge in [0.25, 0.3) is 0 Å². The van der Waals surface area contributed by atoms with Crippen molar-refractivity contribution in [3.63, 3.8) is 0 Å². The van der Waals surface area contributed by atoms with E-state index in [0.29, 0.717) is 0 Å². The maximum Gasteiger partial charge on any atom is 0.0537 e. The van der Waals surface area contributed by atoms with Crippen LogP contribution < -0.4 is 4.90 Å². The van der Waals surface area contributed by atoms with Crippen LogP contribution in [0, 0.1) is 0 Å². The molecular formula is C19H15Cl2N. The number of halogens is 2. The van der Waals surface area contributed by atoms with Crippen LogP contribution in [0.25, 0.3) is 10.8 Å². The van der Waals surface area contributed by atoms with E-state index in [1.54, 1.807) is 0 Å². The van der Waals surface area contributed by atoms with E-state index in [4.69, 9.17) is 23.2 Å². The van der Waals surface area contributed by atoms with Crippen LogP contribution in [0.1, 0.15) is 11.1 Å². The molecular weight excluding hydrogens is 313 g/mol. The van der Waals surface area contributed by atoms with Crippen LogP contribution in [0.3, 0.4) is 0 Å². The molecule has 110 valence electrons. The van der Waals surface area contributed by atoms with Crippen molar-refractivity contribution >= 4 is 39.7 Å². The molecule has 0 spiro atoms. The average Bonchev–Trinajstić information content (AvgIpc) is 2.91. The van der Waals surface area contributed by atoms with E-state index < -0.39 is 0 Å². The van der Waals surface area contributed by atoms with Crippen LogP contribution in [-0.4, -0.2) is 6.54 Å². The van der Waals surface area contributed by atoms with Crippen molar-refractivity contribution in [1.82, 2.24) is 0 Å². The van der Waals surface area contributed by atoms with E-state index in [0.717, 1.165) is 40.3 Å². The minimum atomic E-state index is 0.746. The van der Waals surface area contributed by atoms with Crippen LogP contribution in [0.2, 0.25) is 10.0 Å². The third-order valence-electron chi connectivity index (χ3n) is 4.31. The highest BCUT2D eigenvalue weighted by Crippen LogP contribution is 2.40.